The predicted molar refractivity (Wildman–Crippen MR) is 40.1 cm³/mol. The van der Waals surface area contributed by atoms with Gasteiger partial charge in [-0.25, -0.2) is 4.79 Å². The fourth-order valence-corrected chi connectivity index (χ4v) is 1.04. The van der Waals surface area contributed by atoms with E-state index < -0.39 is 6.09 Å². The van der Waals surface area contributed by atoms with Crippen LogP contribution in [0.5, 0.6) is 0 Å². The Kier molecular flexibility index (Phi) is 6.88. The molecule has 0 aromatic carbocycles. The van der Waals surface area contributed by atoms with Gasteiger partial charge in [-0.2, -0.15) is 0 Å². The van der Waals surface area contributed by atoms with Crippen LogP contribution < -0.4 is 0 Å². The molecule has 0 saturated carbocycles. The van der Waals surface area contributed by atoms with Crippen LogP contribution in [0.4, 0.5) is 4.79 Å². The van der Waals surface area contributed by atoms with E-state index in [1.165, 1.54) is 4.90 Å². The zero-order valence-electron chi connectivity index (χ0n) is 7.37. The molecule has 0 aromatic heterocycles. The van der Waals surface area contributed by atoms with Gasteiger partial charge in [0.1, 0.15) is 0 Å². The van der Waals surface area contributed by atoms with Crippen molar-refractivity contribution in [2.45, 2.75) is 39.8 Å². The fraction of sp³-hybridized carbons (Fsp3) is 0.857. The third-order valence-electron chi connectivity index (χ3n) is 1.33. The summed E-state index contributed by atoms with van der Waals surface area (Å²) in [5.41, 5.74) is 0. The molecule has 0 aromatic rings. The van der Waals surface area contributed by atoms with Crippen LogP contribution in [-0.2, 0) is 21.1 Å². The zero-order chi connectivity index (χ0) is 8.31. The maximum Gasteiger partial charge on any atom is 0.407 e. The van der Waals surface area contributed by atoms with E-state index in [2.05, 4.69) is 0 Å². The number of hydrogen-bond acceptors (Lipinski definition) is 1. The van der Waals surface area contributed by atoms with Crippen molar-refractivity contribution in [2.24, 2.45) is 0 Å². The molecule has 0 spiro atoms. The maximum absolute atomic E-state index is 10.5. The van der Waals surface area contributed by atoms with E-state index in [0.29, 0.717) is 0 Å². The van der Waals surface area contributed by atoms with Crippen LogP contribution >= 0.6 is 0 Å². The Bertz CT molecular complexity index is 118. The van der Waals surface area contributed by atoms with E-state index in [9.17, 15) is 4.79 Å². The van der Waals surface area contributed by atoms with Crippen molar-refractivity contribution < 1.29 is 31.0 Å². The molecule has 0 aliphatic rings. The topological polar surface area (TPSA) is 40.5 Å². The molecule has 0 heterocycles. The summed E-state index contributed by atoms with van der Waals surface area (Å²) in [6.45, 7) is 7.48. The average molecular weight is 241 g/mol. The molecule has 0 atom stereocenters. The van der Waals surface area contributed by atoms with Gasteiger partial charge in [0, 0.05) is 33.1 Å². The third-order valence-corrected chi connectivity index (χ3v) is 1.33. The Hall–Kier alpha value is -0.0417. The summed E-state index contributed by atoms with van der Waals surface area (Å²) in [5, 5.41) is 8.64. The first-order chi connectivity index (χ1) is 4.46. The first-order valence-electron chi connectivity index (χ1n) is 3.48. The molecular formula is C7H15MoNO2. The molecule has 0 rings (SSSR count). The van der Waals surface area contributed by atoms with Crippen molar-refractivity contribution >= 4 is 6.09 Å². The Balaban J connectivity index is 0. The molecule has 0 radical (unpaired) electrons. The van der Waals surface area contributed by atoms with Crippen LogP contribution in [0.1, 0.15) is 27.7 Å². The van der Waals surface area contributed by atoms with E-state index in [0.717, 1.165) is 0 Å². The fourth-order valence-electron chi connectivity index (χ4n) is 1.04. The molecule has 0 bridgehead atoms. The van der Waals surface area contributed by atoms with Crippen LogP contribution in [0.3, 0.4) is 0 Å². The predicted octanol–water partition coefficient (Wildman–Crippen LogP) is 1.78. The zero-order valence-corrected chi connectivity index (χ0v) is 9.37. The van der Waals surface area contributed by atoms with Crippen molar-refractivity contribution in [3.63, 3.8) is 0 Å². The van der Waals surface area contributed by atoms with Crippen molar-refractivity contribution in [2.75, 3.05) is 0 Å². The van der Waals surface area contributed by atoms with Gasteiger partial charge in [-0.15, -0.1) is 0 Å². The largest absolute Gasteiger partial charge is 0.465 e. The van der Waals surface area contributed by atoms with Gasteiger partial charge in [0.2, 0.25) is 0 Å². The molecule has 0 saturated heterocycles. The Labute approximate surface area is 82.0 Å². The van der Waals surface area contributed by atoms with Crippen molar-refractivity contribution in [3.8, 4) is 0 Å². The van der Waals surface area contributed by atoms with Crippen molar-refractivity contribution in [3.05, 3.63) is 0 Å². The minimum absolute atomic E-state index is 0. The second-order valence-electron chi connectivity index (χ2n) is 2.88. The summed E-state index contributed by atoms with van der Waals surface area (Å²) < 4.78 is 0. The SMILES string of the molecule is CC(C)N(C(=O)O)C(C)C.[Mo]. The van der Waals surface area contributed by atoms with Crippen LogP contribution in [-0.4, -0.2) is 28.2 Å². The standard InChI is InChI=1S/C7H15NO2.Mo/c1-5(2)8(6(3)4)7(9)10;/h5-6H,1-4H3,(H,9,10);. The van der Waals surface area contributed by atoms with Gasteiger partial charge in [0.15, 0.2) is 0 Å². The number of nitrogens with zero attached hydrogens (tertiary/aromatic N) is 1. The average Bonchev–Trinajstić information content (AvgIpc) is 1.59. The number of carboxylic acid groups (broad SMARTS) is 1. The molecule has 1 amide bonds. The van der Waals surface area contributed by atoms with Gasteiger partial charge in [-0.1, -0.05) is 0 Å². The first kappa shape index (κ1) is 13.5. The summed E-state index contributed by atoms with van der Waals surface area (Å²) in [6.07, 6.45) is -0.843. The number of carbonyl (C=O) groups is 1. The summed E-state index contributed by atoms with van der Waals surface area (Å²) in [4.78, 5) is 11.9. The monoisotopic (exact) mass is 243 g/mol. The molecule has 0 unspecified atom stereocenters. The number of rotatable bonds is 2. The van der Waals surface area contributed by atoms with Gasteiger partial charge >= 0.3 is 6.09 Å². The van der Waals surface area contributed by atoms with Crippen LogP contribution in [0, 0.1) is 0 Å². The Morgan fingerprint density at radius 3 is 1.45 bits per heavy atom. The first-order valence-corrected chi connectivity index (χ1v) is 3.48. The second-order valence-corrected chi connectivity index (χ2v) is 2.88. The Morgan fingerprint density at radius 1 is 1.18 bits per heavy atom. The number of hydrogen-bond donors (Lipinski definition) is 1. The quantitative estimate of drug-likeness (QED) is 0.748. The van der Waals surface area contributed by atoms with Crippen molar-refractivity contribution in [1.29, 1.82) is 0 Å². The summed E-state index contributed by atoms with van der Waals surface area (Å²) in [5.74, 6) is 0. The molecule has 11 heavy (non-hydrogen) atoms. The maximum atomic E-state index is 10.5. The molecule has 0 fully saturated rings. The van der Waals surface area contributed by atoms with Gasteiger partial charge in [-0.3, -0.25) is 0 Å². The molecular weight excluding hydrogens is 226 g/mol. The number of amides is 1. The van der Waals surface area contributed by atoms with Gasteiger partial charge in [0.25, 0.3) is 0 Å². The normalized spacial score (nSPS) is 9.64. The molecule has 4 heteroatoms. The minimum atomic E-state index is -0.843. The molecule has 0 aliphatic heterocycles. The van der Waals surface area contributed by atoms with E-state index in [1.54, 1.807) is 0 Å². The summed E-state index contributed by atoms with van der Waals surface area (Å²) >= 11 is 0. The van der Waals surface area contributed by atoms with E-state index in [-0.39, 0.29) is 33.1 Å². The van der Waals surface area contributed by atoms with Crippen LogP contribution in [0.25, 0.3) is 0 Å². The summed E-state index contributed by atoms with van der Waals surface area (Å²) in [6, 6.07) is 0.134. The molecule has 1 N–H and O–H groups in total. The van der Waals surface area contributed by atoms with E-state index in [1.807, 2.05) is 27.7 Å². The van der Waals surface area contributed by atoms with E-state index >= 15 is 0 Å². The Morgan fingerprint density at radius 2 is 1.45 bits per heavy atom. The van der Waals surface area contributed by atoms with Gasteiger partial charge < -0.3 is 10.0 Å². The summed E-state index contributed by atoms with van der Waals surface area (Å²) in [7, 11) is 0. The van der Waals surface area contributed by atoms with Crippen LogP contribution in [0.2, 0.25) is 0 Å². The minimum Gasteiger partial charge on any atom is -0.465 e. The van der Waals surface area contributed by atoms with E-state index in [4.69, 9.17) is 5.11 Å². The molecule has 3 nitrogen and oxygen atoms in total. The smallest absolute Gasteiger partial charge is 0.407 e. The molecule has 0 aliphatic carbocycles. The van der Waals surface area contributed by atoms with Gasteiger partial charge in [-0.05, 0) is 27.7 Å². The second kappa shape index (κ2) is 5.59. The van der Waals surface area contributed by atoms with Crippen LogP contribution in [0.15, 0.2) is 0 Å². The molecule has 66 valence electrons. The third kappa shape index (κ3) is 4.41. The van der Waals surface area contributed by atoms with Gasteiger partial charge in [0.05, 0.1) is 0 Å². The van der Waals surface area contributed by atoms with Crippen molar-refractivity contribution in [1.82, 2.24) is 4.90 Å².